The van der Waals surface area contributed by atoms with Gasteiger partial charge in [-0.25, -0.2) is 0 Å². The fourth-order valence-electron chi connectivity index (χ4n) is 5.06. The fourth-order valence-corrected chi connectivity index (χ4v) is 5.06. The molecule has 3 heterocycles. The van der Waals surface area contributed by atoms with E-state index >= 15 is 0 Å². The van der Waals surface area contributed by atoms with Gasteiger partial charge in [0.2, 0.25) is 0 Å². The van der Waals surface area contributed by atoms with Crippen molar-refractivity contribution < 1.29 is 99.9 Å². The number of rotatable bonds is 13. The molecule has 0 aromatic heterocycles. The average molecular weight is 653 g/mol. The number of hydrogen-bond donors (Lipinski definition) is 14. The molecule has 0 unspecified atom stereocenters. The van der Waals surface area contributed by atoms with E-state index < -0.39 is 143 Å². The summed E-state index contributed by atoms with van der Waals surface area (Å²) >= 11 is 0. The molecule has 3 fully saturated rings. The SMILES string of the molecule is C[C@@H]1O[C@@H](O[C@H]2[C@H](O[C@@H]3[C@H](O)[C@@H](O)[C@H](O[C@@H]([C@H](O)[C@@H](O)CO)[C@H](O)CO)O[C@@H]3CO)O[C@H](CO)[C@H](O)[C@@H]2O)[C@@H](O)[C@H](O)[C@@H]1O. The van der Waals surface area contributed by atoms with Gasteiger partial charge in [-0.3, -0.25) is 0 Å². The molecule has 14 N–H and O–H groups in total. The molecule has 0 bridgehead atoms. The molecule has 3 aliphatic heterocycles. The third kappa shape index (κ3) is 8.00. The summed E-state index contributed by atoms with van der Waals surface area (Å²) in [5, 5.41) is 142. The van der Waals surface area contributed by atoms with Crippen LogP contribution in [0, 0.1) is 0 Å². The first kappa shape index (κ1) is 37.7. The zero-order valence-electron chi connectivity index (χ0n) is 23.5. The van der Waals surface area contributed by atoms with Gasteiger partial charge in [-0.05, 0) is 6.92 Å². The van der Waals surface area contributed by atoms with Gasteiger partial charge in [0, 0.05) is 0 Å². The molecule has 0 amide bonds. The second-order valence-electron chi connectivity index (χ2n) is 10.9. The third-order valence-electron chi connectivity index (χ3n) is 7.81. The highest BCUT2D eigenvalue weighted by Gasteiger charge is 2.54. The Morgan fingerprint density at radius 2 is 1.07 bits per heavy atom. The zero-order chi connectivity index (χ0) is 33.0. The molecule has 44 heavy (non-hydrogen) atoms. The number of aliphatic hydroxyl groups excluding tert-OH is 14. The monoisotopic (exact) mass is 652 g/mol. The maximum Gasteiger partial charge on any atom is 0.187 e. The minimum atomic E-state index is -2.08. The Kier molecular flexibility index (Phi) is 14.0. The molecule has 0 aromatic rings. The van der Waals surface area contributed by atoms with Crippen LogP contribution in [-0.4, -0.2) is 214 Å². The van der Waals surface area contributed by atoms with Crippen LogP contribution in [0.1, 0.15) is 6.92 Å². The molecule has 3 saturated heterocycles. The molecule has 0 aliphatic carbocycles. The van der Waals surface area contributed by atoms with E-state index in [9.17, 15) is 66.4 Å². The van der Waals surface area contributed by atoms with Crippen molar-refractivity contribution in [1.29, 1.82) is 0 Å². The molecule has 0 spiro atoms. The van der Waals surface area contributed by atoms with Crippen molar-refractivity contribution in [3.8, 4) is 0 Å². The lowest BCUT2D eigenvalue weighted by molar-refractivity contribution is -0.390. The van der Waals surface area contributed by atoms with E-state index in [4.69, 9.17) is 33.5 Å². The molecule has 20 heteroatoms. The van der Waals surface area contributed by atoms with Crippen LogP contribution < -0.4 is 0 Å². The molecule has 3 aliphatic rings. The first-order valence-electron chi connectivity index (χ1n) is 13.9. The average Bonchev–Trinajstić information content (AvgIpc) is 3.02. The fraction of sp³-hybridized carbons (Fsp3) is 1.00. The van der Waals surface area contributed by atoms with Crippen molar-refractivity contribution in [3.63, 3.8) is 0 Å². The Balaban J connectivity index is 1.83. The topological polar surface area (TPSA) is 339 Å². The Bertz CT molecular complexity index is 855. The van der Waals surface area contributed by atoms with Crippen molar-refractivity contribution in [2.24, 2.45) is 0 Å². The van der Waals surface area contributed by atoms with Crippen LogP contribution in [0.4, 0.5) is 0 Å². The van der Waals surface area contributed by atoms with E-state index in [1.807, 2.05) is 0 Å². The second kappa shape index (κ2) is 16.3. The summed E-state index contributed by atoms with van der Waals surface area (Å²) in [6, 6.07) is 0. The summed E-state index contributed by atoms with van der Waals surface area (Å²) < 4.78 is 33.0. The van der Waals surface area contributed by atoms with Crippen LogP contribution in [0.25, 0.3) is 0 Å². The lowest BCUT2D eigenvalue weighted by Crippen LogP contribution is -2.67. The largest absolute Gasteiger partial charge is 0.394 e. The van der Waals surface area contributed by atoms with Gasteiger partial charge in [0.15, 0.2) is 18.9 Å². The predicted molar refractivity (Wildman–Crippen MR) is 135 cm³/mol. The Morgan fingerprint density at radius 1 is 0.545 bits per heavy atom. The summed E-state index contributed by atoms with van der Waals surface area (Å²) in [5.41, 5.74) is 0. The smallest absolute Gasteiger partial charge is 0.187 e. The molecular weight excluding hydrogens is 608 g/mol. The molecule has 0 saturated carbocycles. The number of aliphatic hydroxyl groups is 14. The molecule has 19 atom stereocenters. The van der Waals surface area contributed by atoms with Crippen LogP contribution in [0.5, 0.6) is 0 Å². The van der Waals surface area contributed by atoms with Crippen LogP contribution >= 0.6 is 0 Å². The number of ether oxygens (including phenoxy) is 6. The van der Waals surface area contributed by atoms with Crippen molar-refractivity contribution in [1.82, 2.24) is 0 Å². The van der Waals surface area contributed by atoms with Gasteiger partial charge in [0.25, 0.3) is 0 Å². The van der Waals surface area contributed by atoms with Gasteiger partial charge < -0.3 is 99.9 Å². The van der Waals surface area contributed by atoms with Gasteiger partial charge in [-0.15, -0.1) is 0 Å². The summed E-state index contributed by atoms with van der Waals surface area (Å²) in [5.74, 6) is 0. The van der Waals surface area contributed by atoms with E-state index in [1.165, 1.54) is 6.92 Å². The lowest BCUT2D eigenvalue weighted by atomic mass is 9.96. The summed E-state index contributed by atoms with van der Waals surface area (Å²) in [7, 11) is 0. The van der Waals surface area contributed by atoms with Crippen molar-refractivity contribution >= 4 is 0 Å². The van der Waals surface area contributed by atoms with E-state index in [-0.39, 0.29) is 0 Å². The zero-order valence-corrected chi connectivity index (χ0v) is 23.5. The standard InChI is InChI=1S/C24H44O20/c1-6-11(31)14(34)17(37)22(39-6)44-21-15(35)13(33)9(4-27)40-24(21)43-20-10(5-28)41-23(18(38)16(20)36)42-19(8(30)3-26)12(32)7(29)2-25/h6-38H,2-5H2,1H3/t6-,7-,8+,9+,10+,11+,12+,13-,14+,15-,16+,17-,18+,19+,20-,21+,22-,23-,24-/m0/s1. The van der Waals surface area contributed by atoms with E-state index in [2.05, 4.69) is 0 Å². The minimum absolute atomic E-state index is 0.850. The highest BCUT2D eigenvalue weighted by atomic mass is 16.8. The highest BCUT2D eigenvalue weighted by Crippen LogP contribution is 2.33. The van der Waals surface area contributed by atoms with Crippen LogP contribution in [-0.2, 0) is 28.4 Å². The number of hydrogen-bond acceptors (Lipinski definition) is 20. The second-order valence-corrected chi connectivity index (χ2v) is 10.9. The summed E-state index contributed by atoms with van der Waals surface area (Å²) in [6.07, 6.45) is -33.8. The summed E-state index contributed by atoms with van der Waals surface area (Å²) in [6.45, 7) is -2.43. The molecule has 260 valence electrons. The van der Waals surface area contributed by atoms with Crippen molar-refractivity contribution in [2.75, 3.05) is 26.4 Å². The quantitative estimate of drug-likeness (QED) is 0.0878. The van der Waals surface area contributed by atoms with Crippen molar-refractivity contribution in [3.05, 3.63) is 0 Å². The Morgan fingerprint density at radius 3 is 1.64 bits per heavy atom. The molecule has 0 aromatic carbocycles. The van der Waals surface area contributed by atoms with Crippen LogP contribution in [0.3, 0.4) is 0 Å². The minimum Gasteiger partial charge on any atom is -0.394 e. The lowest BCUT2D eigenvalue weighted by Gasteiger charge is -2.48. The summed E-state index contributed by atoms with van der Waals surface area (Å²) in [4.78, 5) is 0. The van der Waals surface area contributed by atoms with Gasteiger partial charge in [0.05, 0.1) is 32.5 Å². The maximum absolute atomic E-state index is 10.9. The maximum atomic E-state index is 10.9. The van der Waals surface area contributed by atoms with E-state index in [0.717, 1.165) is 0 Å². The third-order valence-corrected chi connectivity index (χ3v) is 7.81. The predicted octanol–water partition coefficient (Wildman–Crippen LogP) is -9.09. The van der Waals surface area contributed by atoms with Gasteiger partial charge in [-0.2, -0.15) is 0 Å². The van der Waals surface area contributed by atoms with Crippen LogP contribution in [0.15, 0.2) is 0 Å². The normalized spacial score (nSPS) is 46.3. The first-order valence-corrected chi connectivity index (χ1v) is 13.9. The van der Waals surface area contributed by atoms with Gasteiger partial charge >= 0.3 is 0 Å². The van der Waals surface area contributed by atoms with E-state index in [0.29, 0.717) is 0 Å². The first-order chi connectivity index (χ1) is 20.7. The highest BCUT2D eigenvalue weighted by molar-refractivity contribution is 4.96. The van der Waals surface area contributed by atoms with Gasteiger partial charge in [-0.1, -0.05) is 0 Å². The molecule has 3 rings (SSSR count). The van der Waals surface area contributed by atoms with Gasteiger partial charge in [0.1, 0.15) is 91.6 Å². The van der Waals surface area contributed by atoms with E-state index in [1.54, 1.807) is 0 Å². The molecule has 0 radical (unpaired) electrons. The Labute approximate surface area is 250 Å². The molecular formula is C24H44O20. The van der Waals surface area contributed by atoms with Crippen LogP contribution in [0.2, 0.25) is 0 Å². The molecule has 20 nitrogen and oxygen atoms in total. The van der Waals surface area contributed by atoms with Crippen molar-refractivity contribution in [2.45, 2.75) is 123 Å². The Hall–Kier alpha value is -0.800.